The fourth-order valence-electron chi connectivity index (χ4n) is 2.49. The van der Waals surface area contributed by atoms with Gasteiger partial charge in [0.15, 0.2) is 0 Å². The van der Waals surface area contributed by atoms with E-state index in [2.05, 4.69) is 20.2 Å². The van der Waals surface area contributed by atoms with Crippen LogP contribution in [-0.2, 0) is 0 Å². The third-order valence-corrected chi connectivity index (χ3v) is 3.86. The van der Waals surface area contributed by atoms with Gasteiger partial charge in [-0.2, -0.15) is 10.2 Å². The SMILES string of the molecule is Cc1nc(-c2ccc3ncc(C)n3c2)c(-n2nccn2)nc1C. The second-order valence-electron chi connectivity index (χ2n) is 5.43. The first kappa shape index (κ1) is 13.6. The lowest BCUT2D eigenvalue weighted by molar-refractivity contribution is 0.721. The molecule has 0 fully saturated rings. The van der Waals surface area contributed by atoms with Crippen LogP contribution in [0.3, 0.4) is 0 Å². The van der Waals surface area contributed by atoms with E-state index in [1.807, 2.05) is 49.7 Å². The monoisotopic (exact) mass is 305 g/mol. The summed E-state index contributed by atoms with van der Waals surface area (Å²) < 4.78 is 2.03. The molecule has 4 aromatic rings. The molecule has 0 unspecified atom stereocenters. The number of imidazole rings is 1. The largest absolute Gasteiger partial charge is 0.304 e. The molecule has 4 heterocycles. The van der Waals surface area contributed by atoms with Gasteiger partial charge in [-0.3, -0.25) is 0 Å². The maximum atomic E-state index is 4.72. The van der Waals surface area contributed by atoms with Crippen molar-refractivity contribution in [3.63, 3.8) is 0 Å². The van der Waals surface area contributed by atoms with Crippen LogP contribution in [-0.4, -0.2) is 34.3 Å². The van der Waals surface area contributed by atoms with Crippen LogP contribution < -0.4 is 0 Å². The zero-order chi connectivity index (χ0) is 16.0. The van der Waals surface area contributed by atoms with E-state index in [-0.39, 0.29) is 0 Å². The molecule has 7 nitrogen and oxygen atoms in total. The number of fused-ring (bicyclic) bond motifs is 1. The number of aryl methyl sites for hydroxylation is 3. The Balaban J connectivity index is 1.99. The van der Waals surface area contributed by atoms with E-state index in [4.69, 9.17) is 4.98 Å². The minimum atomic E-state index is 0.621. The summed E-state index contributed by atoms with van der Waals surface area (Å²) >= 11 is 0. The highest BCUT2D eigenvalue weighted by Crippen LogP contribution is 2.24. The summed E-state index contributed by atoms with van der Waals surface area (Å²) in [6.45, 7) is 5.90. The number of pyridine rings is 1. The van der Waals surface area contributed by atoms with Crippen molar-refractivity contribution in [3.05, 3.63) is 54.0 Å². The number of nitrogens with zero attached hydrogens (tertiary/aromatic N) is 7. The Labute approximate surface area is 132 Å². The van der Waals surface area contributed by atoms with Crippen molar-refractivity contribution < 1.29 is 0 Å². The lowest BCUT2D eigenvalue weighted by Crippen LogP contribution is -2.09. The second kappa shape index (κ2) is 4.98. The number of hydrogen-bond donors (Lipinski definition) is 0. The summed E-state index contributed by atoms with van der Waals surface area (Å²) in [5.74, 6) is 0.621. The molecule has 4 rings (SSSR count). The van der Waals surface area contributed by atoms with Crippen molar-refractivity contribution >= 4 is 5.65 Å². The average molecular weight is 305 g/mol. The molecule has 0 saturated heterocycles. The molecule has 0 radical (unpaired) electrons. The van der Waals surface area contributed by atoms with Gasteiger partial charge in [-0.15, -0.1) is 4.80 Å². The number of aromatic nitrogens is 7. The van der Waals surface area contributed by atoms with Crippen LogP contribution in [0, 0.1) is 20.8 Å². The van der Waals surface area contributed by atoms with E-state index in [1.165, 1.54) is 4.80 Å². The van der Waals surface area contributed by atoms with Crippen LogP contribution in [0.2, 0.25) is 0 Å². The van der Waals surface area contributed by atoms with Gasteiger partial charge in [-0.25, -0.2) is 15.0 Å². The smallest absolute Gasteiger partial charge is 0.201 e. The van der Waals surface area contributed by atoms with Gasteiger partial charge in [0.1, 0.15) is 11.3 Å². The van der Waals surface area contributed by atoms with Gasteiger partial charge < -0.3 is 4.40 Å². The summed E-state index contributed by atoms with van der Waals surface area (Å²) in [5, 5.41) is 8.39. The van der Waals surface area contributed by atoms with Crippen molar-refractivity contribution in [1.29, 1.82) is 0 Å². The van der Waals surface area contributed by atoms with Gasteiger partial charge in [-0.05, 0) is 32.9 Å². The van der Waals surface area contributed by atoms with Crippen molar-refractivity contribution in [2.24, 2.45) is 0 Å². The summed E-state index contributed by atoms with van der Waals surface area (Å²) in [7, 11) is 0. The topological polar surface area (TPSA) is 73.8 Å². The highest BCUT2D eigenvalue weighted by molar-refractivity contribution is 5.67. The standard InChI is InChI=1S/C16H15N7/c1-10-8-17-14-5-4-13(9-22(10)14)15-16(23-18-6-7-19-23)21-12(3)11(2)20-15/h4-9H,1-3H3. The Morgan fingerprint density at radius 1 is 0.913 bits per heavy atom. The maximum Gasteiger partial charge on any atom is 0.201 e. The highest BCUT2D eigenvalue weighted by atomic mass is 15.5. The molecule has 23 heavy (non-hydrogen) atoms. The summed E-state index contributed by atoms with van der Waals surface area (Å²) in [5.41, 5.74) is 5.42. The zero-order valence-electron chi connectivity index (χ0n) is 13.1. The van der Waals surface area contributed by atoms with Crippen LogP contribution >= 0.6 is 0 Å². The molecule has 0 saturated carbocycles. The molecular weight excluding hydrogens is 290 g/mol. The van der Waals surface area contributed by atoms with Crippen molar-refractivity contribution in [2.45, 2.75) is 20.8 Å². The molecule has 114 valence electrons. The third kappa shape index (κ3) is 2.17. The quantitative estimate of drug-likeness (QED) is 0.568. The Bertz CT molecular complexity index is 999. The van der Waals surface area contributed by atoms with Gasteiger partial charge in [-0.1, -0.05) is 0 Å². The van der Waals surface area contributed by atoms with E-state index < -0.39 is 0 Å². The molecular formula is C16H15N7. The Kier molecular flexibility index (Phi) is 2.94. The van der Waals surface area contributed by atoms with Crippen LogP contribution in [0.15, 0.2) is 36.9 Å². The maximum absolute atomic E-state index is 4.72. The normalized spacial score (nSPS) is 11.3. The van der Waals surface area contributed by atoms with Crippen molar-refractivity contribution in [3.8, 4) is 17.1 Å². The van der Waals surface area contributed by atoms with E-state index >= 15 is 0 Å². The van der Waals surface area contributed by atoms with Crippen LogP contribution in [0.5, 0.6) is 0 Å². The molecule has 7 heteroatoms. The minimum Gasteiger partial charge on any atom is -0.304 e. The van der Waals surface area contributed by atoms with Crippen LogP contribution in [0.25, 0.3) is 22.7 Å². The van der Waals surface area contributed by atoms with Crippen molar-refractivity contribution in [2.75, 3.05) is 0 Å². The van der Waals surface area contributed by atoms with E-state index in [0.717, 1.165) is 34.0 Å². The lowest BCUT2D eigenvalue weighted by Gasteiger charge is -2.10. The minimum absolute atomic E-state index is 0.621. The van der Waals surface area contributed by atoms with Gasteiger partial charge in [0.25, 0.3) is 0 Å². The van der Waals surface area contributed by atoms with Gasteiger partial charge in [0, 0.05) is 23.7 Å². The molecule has 0 atom stereocenters. The molecule has 0 aliphatic heterocycles. The van der Waals surface area contributed by atoms with E-state index in [9.17, 15) is 0 Å². The first-order chi connectivity index (χ1) is 11.1. The predicted octanol–water partition coefficient (Wildman–Crippen LogP) is 2.30. The van der Waals surface area contributed by atoms with Crippen LogP contribution in [0.4, 0.5) is 0 Å². The summed E-state index contributed by atoms with van der Waals surface area (Å²) in [6, 6.07) is 3.97. The Morgan fingerprint density at radius 2 is 1.65 bits per heavy atom. The van der Waals surface area contributed by atoms with Crippen molar-refractivity contribution in [1.82, 2.24) is 34.3 Å². The fourth-order valence-corrected chi connectivity index (χ4v) is 2.49. The van der Waals surface area contributed by atoms with E-state index in [0.29, 0.717) is 5.82 Å². The molecule has 0 amide bonds. The molecule has 0 N–H and O–H groups in total. The second-order valence-corrected chi connectivity index (χ2v) is 5.43. The fraction of sp³-hybridized carbons (Fsp3) is 0.188. The van der Waals surface area contributed by atoms with Gasteiger partial charge in [0.2, 0.25) is 5.82 Å². The lowest BCUT2D eigenvalue weighted by atomic mass is 10.2. The number of hydrogen-bond acceptors (Lipinski definition) is 5. The molecule has 0 aromatic carbocycles. The first-order valence-electron chi connectivity index (χ1n) is 7.29. The average Bonchev–Trinajstić information content (AvgIpc) is 3.20. The van der Waals surface area contributed by atoms with E-state index in [1.54, 1.807) is 12.4 Å². The van der Waals surface area contributed by atoms with Gasteiger partial charge >= 0.3 is 0 Å². The number of rotatable bonds is 2. The summed E-state index contributed by atoms with van der Waals surface area (Å²) in [4.78, 5) is 15.2. The Morgan fingerprint density at radius 3 is 2.43 bits per heavy atom. The predicted molar refractivity (Wildman–Crippen MR) is 85.3 cm³/mol. The van der Waals surface area contributed by atoms with Crippen LogP contribution in [0.1, 0.15) is 17.1 Å². The third-order valence-electron chi connectivity index (χ3n) is 3.86. The molecule has 0 bridgehead atoms. The highest BCUT2D eigenvalue weighted by Gasteiger charge is 2.15. The Hall–Kier alpha value is -3.09. The molecule has 0 aliphatic rings. The summed E-state index contributed by atoms with van der Waals surface area (Å²) in [6.07, 6.45) is 7.12. The van der Waals surface area contributed by atoms with Gasteiger partial charge in [0.05, 0.1) is 23.8 Å². The molecule has 4 aromatic heterocycles. The zero-order valence-corrected chi connectivity index (χ0v) is 13.1. The molecule has 0 aliphatic carbocycles. The first-order valence-corrected chi connectivity index (χ1v) is 7.29. The molecule has 0 spiro atoms.